The van der Waals surface area contributed by atoms with Gasteiger partial charge in [0.05, 0.1) is 11.3 Å². The predicted octanol–water partition coefficient (Wildman–Crippen LogP) is 2.52. The number of aromatic nitrogens is 2. The highest BCUT2D eigenvalue weighted by molar-refractivity contribution is 7.16. The first kappa shape index (κ1) is 18.6. The Hall–Kier alpha value is -2.22. The molecule has 2 atom stereocenters. The zero-order chi connectivity index (χ0) is 18.7. The fourth-order valence-corrected chi connectivity index (χ4v) is 4.21. The van der Waals surface area contributed by atoms with Gasteiger partial charge in [-0.25, -0.2) is 9.97 Å². The number of nitrogens with zero attached hydrogens (tertiary/aromatic N) is 3. The van der Waals surface area contributed by atoms with Crippen molar-refractivity contribution in [3.63, 3.8) is 0 Å². The zero-order valence-corrected chi connectivity index (χ0v) is 15.8. The number of hydrogen-bond acceptors (Lipinski definition) is 6. The normalized spacial score (nSPS) is 18.4. The van der Waals surface area contributed by atoms with Crippen LogP contribution in [-0.2, 0) is 9.59 Å². The molecule has 1 saturated heterocycles. The van der Waals surface area contributed by atoms with E-state index in [1.807, 2.05) is 30.2 Å². The number of fused-ring (bicyclic) bond motifs is 1. The summed E-state index contributed by atoms with van der Waals surface area (Å²) in [5.41, 5.74) is 0. The lowest BCUT2D eigenvalue weighted by molar-refractivity contribution is -0.142. The minimum atomic E-state index is -0.863. The Morgan fingerprint density at radius 3 is 2.96 bits per heavy atom. The molecule has 2 N–H and O–H groups in total. The van der Waals surface area contributed by atoms with E-state index in [0.717, 1.165) is 35.4 Å². The monoisotopic (exact) mass is 376 g/mol. The number of hydrogen-bond donors (Lipinski definition) is 2. The average Bonchev–Trinajstić information content (AvgIpc) is 3.26. The number of carbonyl (C=O) groups excluding carboxylic acids is 1. The lowest BCUT2D eigenvalue weighted by atomic mass is 9.97. The molecule has 2 aromatic rings. The summed E-state index contributed by atoms with van der Waals surface area (Å²) >= 11 is 1.55. The molecule has 2 aromatic heterocycles. The van der Waals surface area contributed by atoms with Crippen molar-refractivity contribution in [1.82, 2.24) is 15.3 Å². The Morgan fingerprint density at radius 2 is 2.23 bits per heavy atom. The van der Waals surface area contributed by atoms with Crippen LogP contribution in [0.15, 0.2) is 17.8 Å². The van der Waals surface area contributed by atoms with E-state index in [2.05, 4.69) is 15.3 Å². The van der Waals surface area contributed by atoms with Gasteiger partial charge in [0.1, 0.15) is 23.0 Å². The van der Waals surface area contributed by atoms with Crippen molar-refractivity contribution in [1.29, 1.82) is 0 Å². The summed E-state index contributed by atoms with van der Waals surface area (Å²) in [6.07, 6.45) is 3.72. The van der Waals surface area contributed by atoms with Crippen molar-refractivity contribution in [2.24, 2.45) is 11.8 Å². The molecule has 1 amide bonds. The number of carboxylic acid groups (broad SMARTS) is 1. The summed E-state index contributed by atoms with van der Waals surface area (Å²) in [6.45, 7) is 4.89. The number of aliphatic carboxylic acids is 1. The van der Waals surface area contributed by atoms with Gasteiger partial charge in [-0.2, -0.15) is 0 Å². The second kappa shape index (κ2) is 7.99. The number of amides is 1. The molecule has 0 radical (unpaired) electrons. The summed E-state index contributed by atoms with van der Waals surface area (Å²) in [7, 11) is 0. The van der Waals surface area contributed by atoms with E-state index in [9.17, 15) is 14.7 Å². The molecule has 3 rings (SSSR count). The van der Waals surface area contributed by atoms with Crippen molar-refractivity contribution < 1.29 is 14.7 Å². The van der Waals surface area contributed by atoms with E-state index in [0.29, 0.717) is 6.42 Å². The first-order chi connectivity index (χ1) is 12.5. The van der Waals surface area contributed by atoms with Gasteiger partial charge >= 0.3 is 5.97 Å². The minimum absolute atomic E-state index is 0.125. The molecule has 0 bridgehead atoms. The van der Waals surface area contributed by atoms with E-state index in [1.54, 1.807) is 11.3 Å². The molecule has 3 heterocycles. The van der Waals surface area contributed by atoms with Crippen molar-refractivity contribution in [2.75, 3.05) is 18.0 Å². The molecule has 0 spiro atoms. The van der Waals surface area contributed by atoms with Crippen LogP contribution >= 0.6 is 11.3 Å². The van der Waals surface area contributed by atoms with Crippen LogP contribution in [0.3, 0.4) is 0 Å². The molecule has 0 aliphatic carbocycles. The van der Waals surface area contributed by atoms with E-state index < -0.39 is 11.9 Å². The van der Waals surface area contributed by atoms with Crippen LogP contribution in [-0.4, -0.2) is 46.1 Å². The summed E-state index contributed by atoms with van der Waals surface area (Å²) in [4.78, 5) is 35.7. The van der Waals surface area contributed by atoms with Crippen LogP contribution in [0.1, 0.15) is 33.1 Å². The maximum Gasteiger partial charge on any atom is 0.308 e. The van der Waals surface area contributed by atoms with Gasteiger partial charge < -0.3 is 15.3 Å². The molecule has 1 aliphatic rings. The van der Waals surface area contributed by atoms with E-state index in [4.69, 9.17) is 0 Å². The number of thiophene rings is 1. The van der Waals surface area contributed by atoms with Gasteiger partial charge in [0, 0.05) is 13.1 Å². The van der Waals surface area contributed by atoms with E-state index in [-0.39, 0.29) is 24.4 Å². The number of carboxylic acids is 1. The molecule has 0 saturated carbocycles. The van der Waals surface area contributed by atoms with Crippen molar-refractivity contribution >= 4 is 39.2 Å². The van der Waals surface area contributed by atoms with Gasteiger partial charge in [-0.05, 0) is 36.6 Å². The smallest absolute Gasteiger partial charge is 0.308 e. The Balaban J connectivity index is 1.70. The SMILES string of the molecule is CC(C)CC(CNC(=O)C1CCCN1c1ncnc2sccc12)C(=O)O. The second-order valence-corrected chi connectivity index (χ2v) is 7.99. The summed E-state index contributed by atoms with van der Waals surface area (Å²) in [5, 5.41) is 15.1. The standard InChI is InChI=1S/C18H24N4O3S/c1-11(2)8-12(18(24)25)9-19-16(23)14-4-3-6-22(14)15-13-5-7-26-17(13)21-10-20-15/h5,7,10-12,14H,3-4,6,8-9H2,1-2H3,(H,19,23)(H,24,25). The molecule has 1 aliphatic heterocycles. The fourth-order valence-electron chi connectivity index (χ4n) is 3.48. The predicted molar refractivity (Wildman–Crippen MR) is 101 cm³/mol. The quantitative estimate of drug-likeness (QED) is 0.771. The maximum atomic E-state index is 12.7. The lowest BCUT2D eigenvalue weighted by Gasteiger charge is -2.26. The van der Waals surface area contributed by atoms with Crippen LogP contribution < -0.4 is 10.2 Å². The van der Waals surface area contributed by atoms with Crippen LogP contribution in [0, 0.1) is 11.8 Å². The van der Waals surface area contributed by atoms with Gasteiger partial charge in [0.2, 0.25) is 5.91 Å². The molecule has 7 nitrogen and oxygen atoms in total. The van der Waals surface area contributed by atoms with Gasteiger partial charge in [-0.15, -0.1) is 11.3 Å². The first-order valence-electron chi connectivity index (χ1n) is 8.92. The van der Waals surface area contributed by atoms with Crippen LogP contribution in [0.4, 0.5) is 5.82 Å². The Labute approximate surface area is 156 Å². The zero-order valence-electron chi connectivity index (χ0n) is 15.0. The molecular formula is C18H24N4O3S. The molecule has 140 valence electrons. The lowest BCUT2D eigenvalue weighted by Crippen LogP contribution is -2.46. The molecule has 1 fully saturated rings. The third-order valence-corrected chi connectivity index (χ3v) is 5.52. The van der Waals surface area contributed by atoms with Crippen molar-refractivity contribution in [2.45, 2.75) is 39.2 Å². The number of anilines is 1. The van der Waals surface area contributed by atoms with Crippen molar-refractivity contribution in [3.05, 3.63) is 17.8 Å². The molecule has 0 aromatic carbocycles. The number of rotatable bonds is 7. The number of nitrogens with one attached hydrogen (secondary N) is 1. The van der Waals surface area contributed by atoms with Crippen LogP contribution in [0.2, 0.25) is 0 Å². The maximum absolute atomic E-state index is 12.7. The van der Waals surface area contributed by atoms with Crippen molar-refractivity contribution in [3.8, 4) is 0 Å². The van der Waals surface area contributed by atoms with E-state index >= 15 is 0 Å². The Kier molecular flexibility index (Phi) is 5.70. The van der Waals surface area contributed by atoms with Gasteiger partial charge in [0.25, 0.3) is 0 Å². The minimum Gasteiger partial charge on any atom is -0.481 e. The van der Waals surface area contributed by atoms with Gasteiger partial charge in [-0.1, -0.05) is 13.8 Å². The highest BCUT2D eigenvalue weighted by Gasteiger charge is 2.33. The highest BCUT2D eigenvalue weighted by atomic mass is 32.1. The summed E-state index contributed by atoms with van der Waals surface area (Å²) in [6, 6.07) is 1.66. The number of carbonyl (C=O) groups is 2. The third kappa shape index (κ3) is 3.95. The van der Waals surface area contributed by atoms with Crippen LogP contribution in [0.25, 0.3) is 10.2 Å². The Bertz CT molecular complexity index is 792. The van der Waals surface area contributed by atoms with Gasteiger partial charge in [-0.3, -0.25) is 9.59 Å². The highest BCUT2D eigenvalue weighted by Crippen LogP contribution is 2.31. The summed E-state index contributed by atoms with van der Waals surface area (Å²) < 4.78 is 0. The topological polar surface area (TPSA) is 95.4 Å². The molecule has 8 heteroatoms. The van der Waals surface area contributed by atoms with Crippen LogP contribution in [0.5, 0.6) is 0 Å². The Morgan fingerprint density at radius 1 is 1.42 bits per heavy atom. The van der Waals surface area contributed by atoms with Gasteiger partial charge in [0.15, 0.2) is 0 Å². The second-order valence-electron chi connectivity index (χ2n) is 7.10. The largest absolute Gasteiger partial charge is 0.481 e. The fraction of sp³-hybridized carbons (Fsp3) is 0.556. The average molecular weight is 376 g/mol. The molecular weight excluding hydrogens is 352 g/mol. The molecule has 26 heavy (non-hydrogen) atoms. The molecule has 2 unspecified atom stereocenters. The third-order valence-electron chi connectivity index (χ3n) is 4.70. The summed E-state index contributed by atoms with van der Waals surface area (Å²) in [5.74, 6) is -0.497. The van der Waals surface area contributed by atoms with E-state index in [1.165, 1.54) is 6.33 Å². The first-order valence-corrected chi connectivity index (χ1v) is 9.80.